The molecule has 2 aromatic rings. The summed E-state index contributed by atoms with van der Waals surface area (Å²) in [6, 6.07) is 12.8. The molecule has 150 valence electrons. The number of methoxy groups -OCH3 is 1. The fourth-order valence-electron chi connectivity index (χ4n) is 3.47. The van der Waals surface area contributed by atoms with Crippen molar-refractivity contribution in [3.8, 4) is 5.75 Å². The van der Waals surface area contributed by atoms with Gasteiger partial charge in [0, 0.05) is 5.02 Å². The number of rotatable bonds is 6. The Bertz CT molecular complexity index is 807. The van der Waals surface area contributed by atoms with Crippen molar-refractivity contribution in [1.29, 1.82) is 0 Å². The fourth-order valence-corrected chi connectivity index (χ4v) is 3.65. The number of hydrogen-bond acceptors (Lipinski definition) is 6. The number of aliphatic hydroxyl groups excluding tert-OH is 3. The highest BCUT2D eigenvalue weighted by Gasteiger charge is 2.44. The van der Waals surface area contributed by atoms with Crippen LogP contribution < -0.4 is 4.74 Å². The monoisotopic (exact) mass is 406 g/mol. The van der Waals surface area contributed by atoms with Crippen LogP contribution in [0.25, 0.3) is 0 Å². The first-order valence-corrected chi connectivity index (χ1v) is 9.35. The van der Waals surface area contributed by atoms with Crippen molar-refractivity contribution in [2.24, 2.45) is 5.92 Å². The number of hydrogen-bond donors (Lipinski definition) is 3. The van der Waals surface area contributed by atoms with E-state index < -0.39 is 36.9 Å². The van der Waals surface area contributed by atoms with Crippen LogP contribution in [0.4, 0.5) is 0 Å². The zero-order chi connectivity index (χ0) is 20.3. The van der Waals surface area contributed by atoms with Crippen LogP contribution in [0, 0.1) is 5.92 Å². The van der Waals surface area contributed by atoms with E-state index in [0.717, 1.165) is 16.9 Å². The van der Waals surface area contributed by atoms with Gasteiger partial charge in [0.25, 0.3) is 0 Å². The third kappa shape index (κ3) is 4.21. The van der Waals surface area contributed by atoms with E-state index in [9.17, 15) is 20.1 Å². The molecule has 0 saturated carbocycles. The third-order valence-corrected chi connectivity index (χ3v) is 5.46. The van der Waals surface area contributed by atoms with Gasteiger partial charge in [-0.25, -0.2) is 0 Å². The molecule has 7 heteroatoms. The summed E-state index contributed by atoms with van der Waals surface area (Å²) in [5.41, 5.74) is 2.47. The molecule has 0 radical (unpaired) electrons. The number of ether oxygens (including phenoxy) is 2. The Hall–Kier alpha value is -1.96. The van der Waals surface area contributed by atoms with Gasteiger partial charge in [0.2, 0.25) is 0 Å². The second kappa shape index (κ2) is 9.03. The zero-order valence-electron chi connectivity index (χ0n) is 15.4. The number of aldehydes is 1. The Morgan fingerprint density at radius 1 is 1.14 bits per heavy atom. The Morgan fingerprint density at radius 2 is 1.86 bits per heavy atom. The summed E-state index contributed by atoms with van der Waals surface area (Å²) >= 11 is 6.35. The lowest BCUT2D eigenvalue weighted by Crippen LogP contribution is -2.52. The van der Waals surface area contributed by atoms with E-state index in [1.807, 2.05) is 30.3 Å². The van der Waals surface area contributed by atoms with Crippen molar-refractivity contribution in [2.45, 2.75) is 30.8 Å². The molecule has 1 saturated heterocycles. The van der Waals surface area contributed by atoms with Crippen LogP contribution in [0.2, 0.25) is 5.02 Å². The molecule has 1 heterocycles. The Balaban J connectivity index is 1.86. The van der Waals surface area contributed by atoms with Gasteiger partial charge >= 0.3 is 0 Å². The molecule has 0 aliphatic carbocycles. The number of halogens is 1. The molecule has 0 spiro atoms. The summed E-state index contributed by atoms with van der Waals surface area (Å²) in [5.74, 6) is -0.224. The van der Waals surface area contributed by atoms with E-state index >= 15 is 0 Å². The summed E-state index contributed by atoms with van der Waals surface area (Å²) < 4.78 is 10.9. The maximum Gasteiger partial charge on any atom is 0.128 e. The maximum absolute atomic E-state index is 11.2. The lowest BCUT2D eigenvalue weighted by Gasteiger charge is -2.40. The number of carbonyl (C=O) groups is 1. The lowest BCUT2D eigenvalue weighted by molar-refractivity contribution is -0.206. The molecule has 0 bridgehead atoms. The molecule has 5 atom stereocenters. The molecular weight excluding hydrogens is 384 g/mol. The first-order valence-electron chi connectivity index (χ1n) is 8.97. The van der Waals surface area contributed by atoms with Crippen LogP contribution in [-0.2, 0) is 16.0 Å². The maximum atomic E-state index is 11.2. The molecule has 6 nitrogen and oxygen atoms in total. The van der Waals surface area contributed by atoms with Gasteiger partial charge in [-0.1, -0.05) is 35.9 Å². The van der Waals surface area contributed by atoms with Crippen LogP contribution in [0.5, 0.6) is 5.75 Å². The van der Waals surface area contributed by atoms with Crippen LogP contribution in [-0.4, -0.2) is 53.6 Å². The molecule has 0 unspecified atom stereocenters. The van der Waals surface area contributed by atoms with E-state index in [0.29, 0.717) is 23.3 Å². The van der Waals surface area contributed by atoms with Crippen molar-refractivity contribution in [3.05, 3.63) is 64.2 Å². The summed E-state index contributed by atoms with van der Waals surface area (Å²) in [7, 11) is 1.61. The molecule has 1 aliphatic heterocycles. The first kappa shape index (κ1) is 20.8. The lowest BCUT2D eigenvalue weighted by atomic mass is 9.85. The molecule has 1 aliphatic rings. The minimum absolute atomic E-state index is 0.435. The van der Waals surface area contributed by atoms with Crippen LogP contribution in [0.1, 0.15) is 22.8 Å². The van der Waals surface area contributed by atoms with Crippen molar-refractivity contribution < 1.29 is 29.6 Å². The second-order valence-electron chi connectivity index (χ2n) is 6.85. The van der Waals surface area contributed by atoms with Crippen LogP contribution in [0.3, 0.4) is 0 Å². The minimum atomic E-state index is -1.32. The third-order valence-electron chi connectivity index (χ3n) is 5.09. The van der Waals surface area contributed by atoms with Crippen LogP contribution >= 0.6 is 11.6 Å². The minimum Gasteiger partial charge on any atom is -0.497 e. The van der Waals surface area contributed by atoms with Crippen molar-refractivity contribution in [3.63, 3.8) is 0 Å². The predicted molar refractivity (Wildman–Crippen MR) is 104 cm³/mol. The molecule has 2 aromatic carbocycles. The Kier molecular flexibility index (Phi) is 6.69. The summed E-state index contributed by atoms with van der Waals surface area (Å²) in [4.78, 5) is 11.2. The van der Waals surface area contributed by atoms with Gasteiger partial charge in [0.05, 0.1) is 31.8 Å². The summed E-state index contributed by atoms with van der Waals surface area (Å²) in [6.45, 7) is -0.435. The quantitative estimate of drug-likeness (QED) is 0.634. The predicted octanol–water partition coefficient (Wildman–Crippen LogP) is 1.91. The average Bonchev–Trinajstić information content (AvgIpc) is 2.72. The van der Waals surface area contributed by atoms with Crippen LogP contribution in [0.15, 0.2) is 42.5 Å². The topological polar surface area (TPSA) is 96.2 Å². The Labute approximate surface area is 168 Å². The van der Waals surface area contributed by atoms with Gasteiger partial charge in [-0.3, -0.25) is 0 Å². The van der Waals surface area contributed by atoms with Gasteiger partial charge in [-0.15, -0.1) is 0 Å². The Morgan fingerprint density at radius 3 is 2.46 bits per heavy atom. The van der Waals surface area contributed by atoms with Crippen molar-refractivity contribution in [1.82, 2.24) is 0 Å². The summed E-state index contributed by atoms with van der Waals surface area (Å²) in [6.07, 6.45) is -3.33. The molecule has 3 N–H and O–H groups in total. The van der Waals surface area contributed by atoms with E-state index in [-0.39, 0.29) is 0 Å². The molecule has 0 aromatic heterocycles. The standard InChI is InChI=1S/C21H23ClO6/c1-27-15-5-2-12(3-6-15)8-14-9-13(4-7-17(14)22)21-20(26)19(25)16(10-23)18(11-24)28-21/h2-7,9-10,16,18-21,24-26H,8,11H2,1H3/t16-,18-,19+,20-,21+/m1/s1. The van der Waals surface area contributed by atoms with E-state index in [1.165, 1.54) is 0 Å². The number of aliphatic hydroxyl groups is 3. The molecule has 3 rings (SSSR count). The molecule has 28 heavy (non-hydrogen) atoms. The van der Waals surface area contributed by atoms with E-state index in [2.05, 4.69) is 0 Å². The number of benzene rings is 2. The van der Waals surface area contributed by atoms with Crippen molar-refractivity contribution in [2.75, 3.05) is 13.7 Å². The van der Waals surface area contributed by atoms with Gasteiger partial charge < -0.3 is 29.6 Å². The SMILES string of the molecule is COc1ccc(Cc2cc([C@@H]3O[C@H](CO)[C@@H](C=O)[C@H](O)[C@H]3O)ccc2Cl)cc1. The van der Waals surface area contributed by atoms with Gasteiger partial charge in [-0.05, 0) is 41.3 Å². The molecular formula is C21H23ClO6. The van der Waals surface area contributed by atoms with Gasteiger partial charge in [0.15, 0.2) is 0 Å². The molecule has 1 fully saturated rings. The fraction of sp³-hybridized carbons (Fsp3) is 0.381. The van der Waals surface area contributed by atoms with Crippen molar-refractivity contribution >= 4 is 17.9 Å². The van der Waals surface area contributed by atoms with Gasteiger partial charge in [0.1, 0.15) is 24.2 Å². The molecule has 0 amide bonds. The second-order valence-corrected chi connectivity index (χ2v) is 7.26. The largest absolute Gasteiger partial charge is 0.497 e. The summed E-state index contributed by atoms with van der Waals surface area (Å²) in [5, 5.41) is 30.8. The highest BCUT2D eigenvalue weighted by atomic mass is 35.5. The van der Waals surface area contributed by atoms with E-state index in [1.54, 1.807) is 19.2 Å². The number of carbonyl (C=O) groups excluding carboxylic acids is 1. The smallest absolute Gasteiger partial charge is 0.128 e. The highest BCUT2D eigenvalue weighted by Crippen LogP contribution is 2.36. The average molecular weight is 407 g/mol. The van der Waals surface area contributed by atoms with Gasteiger partial charge in [-0.2, -0.15) is 0 Å². The highest BCUT2D eigenvalue weighted by molar-refractivity contribution is 6.31. The zero-order valence-corrected chi connectivity index (χ0v) is 16.1. The normalized spacial score (nSPS) is 27.4. The van der Waals surface area contributed by atoms with E-state index in [4.69, 9.17) is 21.1 Å². The first-order chi connectivity index (χ1) is 13.5.